The number of benzene rings is 1. The van der Waals surface area contributed by atoms with Gasteiger partial charge in [-0.3, -0.25) is 0 Å². The van der Waals surface area contributed by atoms with Crippen LogP contribution >= 0.6 is 11.6 Å². The Kier molecular flexibility index (Phi) is 4.26. The summed E-state index contributed by atoms with van der Waals surface area (Å²) in [6, 6.07) is 11.5. The van der Waals surface area contributed by atoms with Crippen molar-refractivity contribution in [2.24, 2.45) is 0 Å². The van der Waals surface area contributed by atoms with E-state index in [1.54, 1.807) is 18.5 Å². The van der Waals surface area contributed by atoms with Crippen LogP contribution in [0.15, 0.2) is 55.0 Å². The lowest BCUT2D eigenvalue weighted by Crippen LogP contribution is -2.10. The molecule has 0 aliphatic rings. The van der Waals surface area contributed by atoms with Gasteiger partial charge in [0.1, 0.15) is 5.65 Å². The second-order valence-electron chi connectivity index (χ2n) is 5.92. The number of rotatable bonds is 4. The number of hydrogen-bond acceptors (Lipinski definition) is 4. The van der Waals surface area contributed by atoms with Crippen molar-refractivity contribution in [3.05, 3.63) is 71.4 Å². The quantitative estimate of drug-likeness (QED) is 0.498. The molecule has 2 N–H and O–H groups in total. The normalized spacial score (nSPS) is 12.3. The molecule has 3 heterocycles. The molecule has 3 aromatic heterocycles. The molecule has 0 spiro atoms. The molecular formula is C19H19ClFN5. The maximum absolute atomic E-state index is 14.2. The van der Waals surface area contributed by atoms with Gasteiger partial charge in [-0.25, -0.2) is 19.3 Å². The van der Waals surface area contributed by atoms with Gasteiger partial charge >= 0.3 is 0 Å². The smallest absolute Gasteiger partial charge is 0.183 e. The molecule has 0 aliphatic carbocycles. The van der Waals surface area contributed by atoms with Crippen molar-refractivity contribution in [2.75, 3.05) is 5.32 Å². The molecule has 0 aliphatic heterocycles. The minimum atomic E-state index is -0.507. The number of nitrogens with zero attached hydrogens (tertiary/aromatic N) is 3. The summed E-state index contributed by atoms with van der Waals surface area (Å²) in [5.74, 6) is 0.0349. The van der Waals surface area contributed by atoms with Crippen LogP contribution in [0.2, 0.25) is 5.02 Å². The van der Waals surface area contributed by atoms with E-state index in [1.165, 1.54) is 6.20 Å². The second-order valence-corrected chi connectivity index (χ2v) is 6.36. The van der Waals surface area contributed by atoms with E-state index >= 15 is 0 Å². The SMILES string of the molecule is C[C@H](Nc1nc(-c2c[nH]c3ncc(Cl)cc23)ncc1F)c1ccccc1.[HH].[HH]. The molecule has 4 rings (SSSR count). The molecule has 134 valence electrons. The van der Waals surface area contributed by atoms with Crippen LogP contribution in [0.3, 0.4) is 0 Å². The van der Waals surface area contributed by atoms with E-state index in [0.29, 0.717) is 22.1 Å². The summed E-state index contributed by atoms with van der Waals surface area (Å²) < 4.78 is 14.2. The molecule has 0 saturated carbocycles. The van der Waals surface area contributed by atoms with E-state index < -0.39 is 5.82 Å². The van der Waals surface area contributed by atoms with Crippen LogP contribution in [0.1, 0.15) is 21.4 Å². The van der Waals surface area contributed by atoms with Crippen molar-refractivity contribution < 1.29 is 7.24 Å². The standard InChI is InChI=1S/C19H15ClFN5.2H2/c1-11(12-5-3-2-4-6-12)25-19-16(21)10-24-18(26-19)15-9-23-17-14(15)7-13(20)8-22-17;;/h2-11H,1H3,(H,22,23)(H,24,25,26);2*1H/t11-;;/m0../s1. The van der Waals surface area contributed by atoms with E-state index in [4.69, 9.17) is 11.6 Å². The molecule has 4 aromatic rings. The van der Waals surface area contributed by atoms with Gasteiger partial charge < -0.3 is 10.3 Å². The molecule has 0 fully saturated rings. The number of anilines is 1. The van der Waals surface area contributed by atoms with Crippen LogP contribution in [0, 0.1) is 5.82 Å². The topological polar surface area (TPSA) is 66.5 Å². The molecule has 1 aromatic carbocycles. The number of nitrogens with one attached hydrogen (secondary N) is 2. The van der Waals surface area contributed by atoms with E-state index in [9.17, 15) is 4.39 Å². The Morgan fingerprint density at radius 1 is 1.19 bits per heavy atom. The van der Waals surface area contributed by atoms with E-state index in [0.717, 1.165) is 10.9 Å². The predicted octanol–water partition coefficient (Wildman–Crippen LogP) is 5.48. The number of pyridine rings is 1. The monoisotopic (exact) mass is 371 g/mol. The Hall–Kier alpha value is -2.99. The first-order valence-corrected chi connectivity index (χ1v) is 8.46. The zero-order valence-electron chi connectivity index (χ0n) is 13.9. The fourth-order valence-electron chi connectivity index (χ4n) is 2.79. The summed E-state index contributed by atoms with van der Waals surface area (Å²) in [6.07, 6.45) is 4.47. The molecule has 0 radical (unpaired) electrons. The highest BCUT2D eigenvalue weighted by atomic mass is 35.5. The Bertz CT molecular complexity index is 1070. The summed E-state index contributed by atoms with van der Waals surface area (Å²) in [7, 11) is 0. The van der Waals surface area contributed by atoms with Crippen molar-refractivity contribution in [1.82, 2.24) is 19.9 Å². The Morgan fingerprint density at radius 2 is 2.00 bits per heavy atom. The predicted molar refractivity (Wildman–Crippen MR) is 105 cm³/mol. The van der Waals surface area contributed by atoms with Gasteiger partial charge in [0.15, 0.2) is 17.5 Å². The molecule has 0 amide bonds. The highest BCUT2D eigenvalue weighted by molar-refractivity contribution is 6.31. The van der Waals surface area contributed by atoms with Gasteiger partial charge in [0.2, 0.25) is 0 Å². The minimum absolute atomic E-state index is 0. The third kappa shape index (κ3) is 3.11. The zero-order chi connectivity index (χ0) is 18.1. The fourth-order valence-corrected chi connectivity index (χ4v) is 2.95. The molecule has 7 heteroatoms. The van der Waals surface area contributed by atoms with E-state index in [1.807, 2.05) is 37.3 Å². The second kappa shape index (κ2) is 6.72. The molecular weight excluding hydrogens is 353 g/mol. The van der Waals surface area contributed by atoms with Crippen LogP contribution in [0.5, 0.6) is 0 Å². The van der Waals surface area contributed by atoms with Crippen LogP contribution in [0.4, 0.5) is 10.2 Å². The molecule has 5 nitrogen and oxygen atoms in total. The van der Waals surface area contributed by atoms with Gasteiger partial charge in [-0.05, 0) is 18.6 Å². The Labute approximate surface area is 157 Å². The summed E-state index contributed by atoms with van der Waals surface area (Å²) >= 11 is 6.04. The number of fused-ring (bicyclic) bond motifs is 1. The van der Waals surface area contributed by atoms with E-state index in [-0.39, 0.29) is 14.7 Å². The third-order valence-electron chi connectivity index (χ3n) is 4.14. The molecule has 0 unspecified atom stereocenters. The van der Waals surface area contributed by atoms with Crippen molar-refractivity contribution in [1.29, 1.82) is 0 Å². The Balaban J connectivity index is 0.00000140. The van der Waals surface area contributed by atoms with Gasteiger partial charge in [-0.2, -0.15) is 0 Å². The highest BCUT2D eigenvalue weighted by Gasteiger charge is 2.15. The van der Waals surface area contributed by atoms with Gasteiger partial charge in [-0.1, -0.05) is 41.9 Å². The maximum Gasteiger partial charge on any atom is 0.183 e. The van der Waals surface area contributed by atoms with E-state index in [2.05, 4.69) is 25.3 Å². The first kappa shape index (κ1) is 16.5. The molecule has 0 bridgehead atoms. The fraction of sp³-hybridized carbons (Fsp3) is 0.105. The summed E-state index contributed by atoms with van der Waals surface area (Å²) in [4.78, 5) is 15.8. The molecule has 26 heavy (non-hydrogen) atoms. The maximum atomic E-state index is 14.2. The summed E-state index contributed by atoms with van der Waals surface area (Å²) in [5.41, 5.74) is 2.42. The first-order chi connectivity index (χ1) is 12.6. The van der Waals surface area contributed by atoms with Crippen LogP contribution in [-0.2, 0) is 0 Å². The number of hydrogen-bond donors (Lipinski definition) is 2. The number of halogens is 2. The zero-order valence-corrected chi connectivity index (χ0v) is 14.6. The number of aromatic nitrogens is 4. The van der Waals surface area contributed by atoms with Crippen LogP contribution in [-0.4, -0.2) is 19.9 Å². The average Bonchev–Trinajstić information content (AvgIpc) is 3.07. The largest absolute Gasteiger partial charge is 0.361 e. The minimum Gasteiger partial charge on any atom is -0.361 e. The lowest BCUT2D eigenvalue weighted by Gasteiger charge is -2.15. The number of aromatic amines is 1. The van der Waals surface area contributed by atoms with Crippen molar-refractivity contribution in [3.8, 4) is 11.4 Å². The highest BCUT2D eigenvalue weighted by Crippen LogP contribution is 2.29. The first-order valence-electron chi connectivity index (χ1n) is 8.09. The van der Waals surface area contributed by atoms with Crippen LogP contribution in [0.25, 0.3) is 22.4 Å². The lowest BCUT2D eigenvalue weighted by atomic mass is 10.1. The van der Waals surface area contributed by atoms with Gasteiger partial charge in [0, 0.05) is 26.2 Å². The van der Waals surface area contributed by atoms with Gasteiger partial charge in [-0.15, -0.1) is 0 Å². The third-order valence-corrected chi connectivity index (χ3v) is 4.34. The summed E-state index contributed by atoms with van der Waals surface area (Å²) in [5, 5.41) is 4.40. The van der Waals surface area contributed by atoms with Crippen molar-refractivity contribution in [2.45, 2.75) is 13.0 Å². The average molecular weight is 372 g/mol. The van der Waals surface area contributed by atoms with Crippen molar-refractivity contribution >= 4 is 28.5 Å². The number of H-pyrrole nitrogens is 1. The Morgan fingerprint density at radius 3 is 2.81 bits per heavy atom. The molecule has 1 atom stereocenters. The van der Waals surface area contributed by atoms with Crippen molar-refractivity contribution in [3.63, 3.8) is 0 Å². The lowest BCUT2D eigenvalue weighted by molar-refractivity contribution is 0.614. The van der Waals surface area contributed by atoms with Gasteiger partial charge in [0.25, 0.3) is 0 Å². The van der Waals surface area contributed by atoms with Gasteiger partial charge in [0.05, 0.1) is 17.3 Å². The summed E-state index contributed by atoms with van der Waals surface area (Å²) in [6.45, 7) is 1.95. The molecule has 0 saturated heterocycles. The van der Waals surface area contributed by atoms with Crippen LogP contribution < -0.4 is 5.32 Å².